The van der Waals surface area contributed by atoms with Crippen molar-refractivity contribution in [1.29, 1.82) is 0 Å². The maximum Gasteiger partial charge on any atom is 0.191 e. The summed E-state index contributed by atoms with van der Waals surface area (Å²) in [4.78, 5) is 5.56. The Balaban J connectivity index is 0.00000200. The fourth-order valence-electron chi connectivity index (χ4n) is 1.73. The van der Waals surface area contributed by atoms with Crippen LogP contribution < -0.4 is 10.6 Å². The van der Waals surface area contributed by atoms with E-state index in [9.17, 15) is 0 Å². The number of hydrogen-bond acceptors (Lipinski definition) is 3. The van der Waals surface area contributed by atoms with E-state index < -0.39 is 0 Å². The summed E-state index contributed by atoms with van der Waals surface area (Å²) in [6, 6.07) is 6.37. The number of hydrogen-bond donors (Lipinski definition) is 2. The molecule has 0 aliphatic carbocycles. The largest absolute Gasteiger partial charge is 0.356 e. The lowest BCUT2D eigenvalue weighted by Crippen LogP contribution is -2.38. The predicted octanol–water partition coefficient (Wildman–Crippen LogP) is 3.90. The standard InChI is InChI=1S/C14H19N3S2.HI/c1-11(12-5-7-18-10-12)8-16-14(15-2)17-9-13-4-3-6-19-13;/h3-7,10-11H,8-9H2,1-2H3,(H2,15,16,17);1H. The van der Waals surface area contributed by atoms with Crippen molar-refractivity contribution in [3.8, 4) is 0 Å². The summed E-state index contributed by atoms with van der Waals surface area (Å²) in [5, 5.41) is 13.1. The molecular formula is C14H20IN3S2. The molecule has 1 atom stereocenters. The minimum atomic E-state index is 0. The SMILES string of the molecule is CN=C(NCc1cccs1)NCC(C)c1ccsc1.I. The van der Waals surface area contributed by atoms with Crippen LogP contribution in [0.1, 0.15) is 23.3 Å². The molecule has 0 amide bonds. The first-order chi connectivity index (χ1) is 9.29. The molecule has 1 unspecified atom stereocenters. The maximum atomic E-state index is 4.24. The second kappa shape index (κ2) is 9.36. The zero-order chi connectivity index (χ0) is 13.5. The zero-order valence-electron chi connectivity index (χ0n) is 11.6. The fourth-order valence-corrected chi connectivity index (χ4v) is 3.15. The van der Waals surface area contributed by atoms with Gasteiger partial charge in [0.2, 0.25) is 0 Å². The summed E-state index contributed by atoms with van der Waals surface area (Å²) in [6.07, 6.45) is 0. The minimum absolute atomic E-state index is 0. The van der Waals surface area contributed by atoms with Crippen molar-refractivity contribution in [3.05, 3.63) is 44.8 Å². The Hall–Kier alpha value is -0.600. The van der Waals surface area contributed by atoms with Crippen LogP contribution in [0.5, 0.6) is 0 Å². The van der Waals surface area contributed by atoms with Crippen LogP contribution in [0.25, 0.3) is 0 Å². The molecule has 0 fully saturated rings. The monoisotopic (exact) mass is 421 g/mol. The van der Waals surface area contributed by atoms with Crippen LogP contribution in [-0.4, -0.2) is 19.6 Å². The van der Waals surface area contributed by atoms with Gasteiger partial charge in [-0.15, -0.1) is 35.3 Å². The number of nitrogens with one attached hydrogen (secondary N) is 2. The lowest BCUT2D eigenvalue weighted by atomic mass is 10.1. The molecule has 2 aromatic heterocycles. The van der Waals surface area contributed by atoms with Crippen molar-refractivity contribution in [2.24, 2.45) is 4.99 Å². The smallest absolute Gasteiger partial charge is 0.191 e. The van der Waals surface area contributed by atoms with E-state index in [0.29, 0.717) is 5.92 Å². The Kier molecular flexibility index (Phi) is 8.16. The van der Waals surface area contributed by atoms with Gasteiger partial charge in [0.25, 0.3) is 0 Å². The van der Waals surface area contributed by atoms with Crippen molar-refractivity contribution in [2.75, 3.05) is 13.6 Å². The first-order valence-electron chi connectivity index (χ1n) is 6.28. The van der Waals surface area contributed by atoms with Gasteiger partial charge in [0.1, 0.15) is 0 Å². The highest BCUT2D eigenvalue weighted by Crippen LogP contribution is 2.17. The molecule has 2 N–H and O–H groups in total. The van der Waals surface area contributed by atoms with E-state index in [4.69, 9.17) is 0 Å². The third kappa shape index (κ3) is 5.41. The molecule has 0 spiro atoms. The summed E-state index contributed by atoms with van der Waals surface area (Å²) in [5.74, 6) is 1.35. The van der Waals surface area contributed by atoms with Crippen molar-refractivity contribution in [2.45, 2.75) is 19.4 Å². The zero-order valence-corrected chi connectivity index (χ0v) is 15.6. The van der Waals surface area contributed by atoms with E-state index in [1.807, 2.05) is 0 Å². The molecule has 0 aromatic carbocycles. The Morgan fingerprint density at radius 3 is 2.75 bits per heavy atom. The quantitative estimate of drug-likeness (QED) is 0.437. The van der Waals surface area contributed by atoms with Crippen molar-refractivity contribution < 1.29 is 0 Å². The molecule has 0 aliphatic heterocycles. The Labute approximate surface area is 145 Å². The molecule has 0 bridgehead atoms. The molecule has 3 nitrogen and oxygen atoms in total. The Morgan fingerprint density at radius 2 is 2.15 bits per heavy atom. The minimum Gasteiger partial charge on any atom is -0.356 e. The third-order valence-electron chi connectivity index (χ3n) is 2.92. The third-order valence-corrected chi connectivity index (χ3v) is 4.50. The number of rotatable bonds is 5. The second-order valence-electron chi connectivity index (χ2n) is 4.34. The van der Waals surface area contributed by atoms with Gasteiger partial charge in [0.05, 0.1) is 6.54 Å². The number of halogens is 1. The van der Waals surface area contributed by atoms with Gasteiger partial charge >= 0.3 is 0 Å². The lowest BCUT2D eigenvalue weighted by molar-refractivity contribution is 0.702. The van der Waals surface area contributed by atoms with Crippen LogP contribution in [-0.2, 0) is 6.54 Å². The Morgan fingerprint density at radius 1 is 1.30 bits per heavy atom. The van der Waals surface area contributed by atoms with E-state index >= 15 is 0 Å². The summed E-state index contributed by atoms with van der Waals surface area (Å²) in [5.41, 5.74) is 1.38. The van der Waals surface area contributed by atoms with Gasteiger partial charge in [0.15, 0.2) is 5.96 Å². The lowest BCUT2D eigenvalue weighted by Gasteiger charge is -2.15. The molecule has 2 heterocycles. The molecule has 0 radical (unpaired) electrons. The van der Waals surface area contributed by atoms with Crippen molar-refractivity contribution >= 4 is 52.6 Å². The molecular weight excluding hydrogens is 401 g/mol. The molecule has 2 rings (SSSR count). The normalized spacial score (nSPS) is 12.6. The van der Waals surface area contributed by atoms with Crippen LogP contribution >= 0.6 is 46.7 Å². The van der Waals surface area contributed by atoms with Gasteiger partial charge in [-0.1, -0.05) is 13.0 Å². The molecule has 0 aliphatic rings. The number of aliphatic imine (C=N–C) groups is 1. The summed E-state index contributed by atoms with van der Waals surface area (Å²) in [7, 11) is 1.80. The fraction of sp³-hybridized carbons (Fsp3) is 0.357. The number of thiophene rings is 2. The average molecular weight is 421 g/mol. The van der Waals surface area contributed by atoms with E-state index in [2.05, 4.69) is 56.9 Å². The van der Waals surface area contributed by atoms with E-state index in [0.717, 1.165) is 19.0 Å². The Bertz CT molecular complexity index is 494. The first-order valence-corrected chi connectivity index (χ1v) is 8.11. The van der Waals surface area contributed by atoms with Crippen LogP contribution in [0.3, 0.4) is 0 Å². The summed E-state index contributed by atoms with van der Waals surface area (Å²) >= 11 is 3.50. The van der Waals surface area contributed by atoms with Crippen LogP contribution in [0, 0.1) is 0 Å². The van der Waals surface area contributed by atoms with Crippen LogP contribution in [0.4, 0.5) is 0 Å². The molecule has 0 saturated heterocycles. The predicted molar refractivity (Wildman–Crippen MR) is 101 cm³/mol. The average Bonchev–Trinajstić information content (AvgIpc) is 3.11. The maximum absolute atomic E-state index is 4.24. The van der Waals surface area contributed by atoms with Gasteiger partial charge in [0, 0.05) is 18.5 Å². The van der Waals surface area contributed by atoms with Gasteiger partial charge in [-0.3, -0.25) is 4.99 Å². The van der Waals surface area contributed by atoms with Crippen LogP contribution in [0.2, 0.25) is 0 Å². The highest BCUT2D eigenvalue weighted by Gasteiger charge is 2.06. The van der Waals surface area contributed by atoms with Gasteiger partial charge in [-0.25, -0.2) is 0 Å². The number of nitrogens with zero attached hydrogens (tertiary/aromatic N) is 1. The molecule has 0 saturated carbocycles. The van der Waals surface area contributed by atoms with E-state index in [1.165, 1.54) is 10.4 Å². The van der Waals surface area contributed by atoms with E-state index in [-0.39, 0.29) is 24.0 Å². The topological polar surface area (TPSA) is 36.4 Å². The highest BCUT2D eigenvalue weighted by molar-refractivity contribution is 14.0. The van der Waals surface area contributed by atoms with Crippen molar-refractivity contribution in [3.63, 3.8) is 0 Å². The van der Waals surface area contributed by atoms with Gasteiger partial charge in [-0.05, 0) is 39.8 Å². The summed E-state index contributed by atoms with van der Waals surface area (Å²) in [6.45, 7) is 3.94. The summed E-state index contributed by atoms with van der Waals surface area (Å²) < 4.78 is 0. The number of guanidine groups is 1. The van der Waals surface area contributed by atoms with Crippen molar-refractivity contribution in [1.82, 2.24) is 10.6 Å². The van der Waals surface area contributed by atoms with E-state index in [1.54, 1.807) is 29.7 Å². The molecule has 110 valence electrons. The highest BCUT2D eigenvalue weighted by atomic mass is 127. The second-order valence-corrected chi connectivity index (χ2v) is 6.16. The van der Waals surface area contributed by atoms with Crippen LogP contribution in [0.15, 0.2) is 39.3 Å². The van der Waals surface area contributed by atoms with Gasteiger partial charge in [-0.2, -0.15) is 11.3 Å². The first kappa shape index (κ1) is 17.5. The molecule has 20 heavy (non-hydrogen) atoms. The molecule has 2 aromatic rings. The molecule has 6 heteroatoms. The van der Waals surface area contributed by atoms with Gasteiger partial charge < -0.3 is 10.6 Å².